The second-order valence-electron chi connectivity index (χ2n) is 3.96. The highest BCUT2D eigenvalue weighted by Gasteiger charge is 2.11. The summed E-state index contributed by atoms with van der Waals surface area (Å²) >= 11 is 7.36. The number of halogens is 1. The molecule has 0 saturated heterocycles. The number of benzene rings is 1. The summed E-state index contributed by atoms with van der Waals surface area (Å²) in [7, 11) is 0. The Morgan fingerprint density at radius 3 is 2.87 bits per heavy atom. The third-order valence-corrected chi connectivity index (χ3v) is 3.43. The molecule has 0 aliphatic heterocycles. The van der Waals surface area contributed by atoms with Crippen LogP contribution in [0.1, 0.15) is 13.8 Å². The highest BCUT2D eigenvalue weighted by Crippen LogP contribution is 2.25. The molecule has 0 saturated carbocycles. The number of aromatic nitrogens is 1. The molecular weight excluding hydrogens is 230 g/mol. The van der Waals surface area contributed by atoms with E-state index in [1.54, 1.807) is 4.57 Å². The monoisotopic (exact) mass is 241 g/mol. The Morgan fingerprint density at radius 1 is 1.47 bits per heavy atom. The molecule has 4 heteroatoms. The molecule has 1 heterocycles. The second-order valence-corrected chi connectivity index (χ2v) is 5.36. The first-order valence-corrected chi connectivity index (χ1v) is 6.07. The number of nitrogens with zero attached hydrogens (tertiary/aromatic N) is 1. The van der Waals surface area contributed by atoms with Crippen LogP contribution in [0.4, 0.5) is 0 Å². The zero-order valence-electron chi connectivity index (χ0n) is 8.66. The molecule has 0 radical (unpaired) electrons. The zero-order chi connectivity index (χ0) is 11.0. The normalized spacial score (nSPS) is 11.5. The van der Waals surface area contributed by atoms with Gasteiger partial charge in [-0.1, -0.05) is 42.9 Å². The first-order chi connectivity index (χ1) is 7.09. The highest BCUT2D eigenvalue weighted by atomic mass is 35.5. The average Bonchev–Trinajstić information content (AvgIpc) is 2.43. The van der Waals surface area contributed by atoms with E-state index in [1.165, 1.54) is 11.3 Å². The molecule has 0 spiro atoms. The Kier molecular flexibility index (Phi) is 2.85. The van der Waals surface area contributed by atoms with Gasteiger partial charge < -0.3 is 0 Å². The van der Waals surface area contributed by atoms with Gasteiger partial charge in [-0.2, -0.15) is 0 Å². The number of rotatable bonds is 2. The summed E-state index contributed by atoms with van der Waals surface area (Å²) in [6.45, 7) is 4.90. The summed E-state index contributed by atoms with van der Waals surface area (Å²) in [6, 6.07) is 5.64. The van der Waals surface area contributed by atoms with Gasteiger partial charge in [0, 0.05) is 6.54 Å². The fourth-order valence-corrected chi connectivity index (χ4v) is 2.87. The number of para-hydroxylation sites is 1. The van der Waals surface area contributed by atoms with Crippen molar-refractivity contribution in [2.45, 2.75) is 20.4 Å². The van der Waals surface area contributed by atoms with Crippen molar-refractivity contribution in [3.05, 3.63) is 32.9 Å². The maximum absolute atomic E-state index is 11.7. The van der Waals surface area contributed by atoms with Gasteiger partial charge in [-0.05, 0) is 18.1 Å². The van der Waals surface area contributed by atoms with Gasteiger partial charge in [0.15, 0.2) is 0 Å². The van der Waals surface area contributed by atoms with Crippen LogP contribution in [-0.2, 0) is 6.54 Å². The summed E-state index contributed by atoms with van der Waals surface area (Å²) in [4.78, 5) is 11.8. The Hall–Kier alpha value is -0.800. The summed E-state index contributed by atoms with van der Waals surface area (Å²) in [5, 5.41) is 0.659. The SMILES string of the molecule is CC(C)Cn1c(=O)sc2cccc(Cl)c21. The van der Waals surface area contributed by atoms with Crippen LogP contribution in [0.15, 0.2) is 23.0 Å². The first kappa shape index (κ1) is 10.7. The smallest absolute Gasteiger partial charge is 0.297 e. The molecule has 80 valence electrons. The van der Waals surface area contributed by atoms with Gasteiger partial charge in [-0.3, -0.25) is 9.36 Å². The predicted molar refractivity (Wildman–Crippen MR) is 65.9 cm³/mol. The van der Waals surface area contributed by atoms with Gasteiger partial charge in [0.1, 0.15) is 0 Å². The van der Waals surface area contributed by atoms with Gasteiger partial charge >= 0.3 is 4.87 Å². The molecule has 0 fully saturated rings. The fraction of sp³-hybridized carbons (Fsp3) is 0.364. The zero-order valence-corrected chi connectivity index (χ0v) is 10.2. The first-order valence-electron chi connectivity index (χ1n) is 4.87. The maximum atomic E-state index is 11.7. The van der Waals surface area contributed by atoms with E-state index in [4.69, 9.17) is 11.6 Å². The maximum Gasteiger partial charge on any atom is 0.308 e. The largest absolute Gasteiger partial charge is 0.308 e. The quantitative estimate of drug-likeness (QED) is 0.790. The molecule has 0 amide bonds. The Balaban J connectivity index is 2.71. The summed E-state index contributed by atoms with van der Waals surface area (Å²) in [6.07, 6.45) is 0. The van der Waals surface area contributed by atoms with Crippen molar-refractivity contribution in [2.75, 3.05) is 0 Å². The van der Waals surface area contributed by atoms with Crippen molar-refractivity contribution in [2.24, 2.45) is 5.92 Å². The van der Waals surface area contributed by atoms with Crippen molar-refractivity contribution >= 4 is 33.2 Å². The van der Waals surface area contributed by atoms with Gasteiger partial charge in [0.05, 0.1) is 15.2 Å². The Morgan fingerprint density at radius 2 is 2.20 bits per heavy atom. The minimum absolute atomic E-state index is 0.0757. The number of fused-ring (bicyclic) bond motifs is 1. The molecule has 0 atom stereocenters. The molecule has 2 rings (SSSR count). The molecule has 15 heavy (non-hydrogen) atoms. The molecule has 1 aromatic carbocycles. The molecule has 1 aromatic heterocycles. The van der Waals surface area contributed by atoms with E-state index >= 15 is 0 Å². The summed E-state index contributed by atoms with van der Waals surface area (Å²) < 4.78 is 2.74. The summed E-state index contributed by atoms with van der Waals surface area (Å²) in [5.74, 6) is 0.441. The molecule has 2 aromatic rings. The van der Waals surface area contributed by atoms with Crippen LogP contribution < -0.4 is 4.87 Å². The lowest BCUT2D eigenvalue weighted by molar-refractivity contribution is 0.529. The van der Waals surface area contributed by atoms with Gasteiger partial charge in [0.2, 0.25) is 0 Å². The van der Waals surface area contributed by atoms with Gasteiger partial charge in [-0.15, -0.1) is 0 Å². The van der Waals surface area contributed by atoms with E-state index < -0.39 is 0 Å². The van der Waals surface area contributed by atoms with Gasteiger partial charge in [0.25, 0.3) is 0 Å². The lowest BCUT2D eigenvalue weighted by Gasteiger charge is -2.07. The van der Waals surface area contributed by atoms with Crippen molar-refractivity contribution in [1.29, 1.82) is 0 Å². The molecule has 0 aliphatic rings. The number of hydrogen-bond acceptors (Lipinski definition) is 2. The summed E-state index contributed by atoms with van der Waals surface area (Å²) in [5.41, 5.74) is 0.878. The number of thiazole rings is 1. The van der Waals surface area contributed by atoms with E-state index in [0.29, 0.717) is 10.9 Å². The van der Waals surface area contributed by atoms with E-state index in [-0.39, 0.29) is 4.87 Å². The predicted octanol–water partition coefficient (Wildman–Crippen LogP) is 3.37. The van der Waals surface area contributed by atoms with Crippen molar-refractivity contribution in [3.63, 3.8) is 0 Å². The van der Waals surface area contributed by atoms with Crippen LogP contribution in [0, 0.1) is 5.92 Å². The van der Waals surface area contributed by atoms with E-state index in [1.807, 2.05) is 18.2 Å². The molecule has 0 unspecified atom stereocenters. The average molecular weight is 242 g/mol. The van der Waals surface area contributed by atoms with Crippen LogP contribution in [0.3, 0.4) is 0 Å². The molecule has 0 bridgehead atoms. The van der Waals surface area contributed by atoms with Crippen molar-refractivity contribution in [3.8, 4) is 0 Å². The third kappa shape index (κ3) is 1.94. The topological polar surface area (TPSA) is 22.0 Å². The standard InChI is InChI=1S/C11H12ClNOS/c1-7(2)6-13-10-8(12)4-3-5-9(10)15-11(13)14/h3-5,7H,6H2,1-2H3. The number of hydrogen-bond donors (Lipinski definition) is 0. The molecule has 0 aliphatic carbocycles. The molecule has 0 N–H and O–H groups in total. The van der Waals surface area contributed by atoms with Crippen LogP contribution in [-0.4, -0.2) is 4.57 Å². The lowest BCUT2D eigenvalue weighted by atomic mass is 10.2. The van der Waals surface area contributed by atoms with Crippen LogP contribution in [0.2, 0.25) is 5.02 Å². The van der Waals surface area contributed by atoms with Crippen LogP contribution in [0.5, 0.6) is 0 Å². The van der Waals surface area contributed by atoms with E-state index in [9.17, 15) is 4.79 Å². The third-order valence-electron chi connectivity index (χ3n) is 2.19. The Bertz CT molecular complexity index is 541. The molecule has 2 nitrogen and oxygen atoms in total. The van der Waals surface area contributed by atoms with Crippen molar-refractivity contribution in [1.82, 2.24) is 4.57 Å². The van der Waals surface area contributed by atoms with Crippen LogP contribution >= 0.6 is 22.9 Å². The minimum atomic E-state index is 0.0757. The highest BCUT2D eigenvalue weighted by molar-refractivity contribution is 7.16. The van der Waals surface area contributed by atoms with E-state index in [0.717, 1.165) is 16.8 Å². The second kappa shape index (κ2) is 3.99. The fourth-order valence-electron chi connectivity index (χ4n) is 1.61. The van der Waals surface area contributed by atoms with Gasteiger partial charge in [-0.25, -0.2) is 0 Å². The minimum Gasteiger partial charge on any atom is -0.297 e. The Labute approximate surface area is 97.1 Å². The van der Waals surface area contributed by atoms with Crippen LogP contribution in [0.25, 0.3) is 10.2 Å². The van der Waals surface area contributed by atoms with Crippen molar-refractivity contribution < 1.29 is 0 Å². The van der Waals surface area contributed by atoms with E-state index in [2.05, 4.69) is 13.8 Å². The molecular formula is C11H12ClNOS. The lowest BCUT2D eigenvalue weighted by Crippen LogP contribution is -2.16.